The first-order chi connectivity index (χ1) is 9.74. The fourth-order valence-electron chi connectivity index (χ4n) is 1.39. The van der Waals surface area contributed by atoms with Crippen LogP contribution in [0.2, 0.25) is 0 Å². The predicted molar refractivity (Wildman–Crippen MR) is 71.8 cm³/mol. The Hall–Kier alpha value is -2.01. The minimum atomic E-state index is -4.35. The Morgan fingerprint density at radius 3 is 2.62 bits per heavy atom. The number of alkyl halides is 3. The van der Waals surface area contributed by atoms with Gasteiger partial charge in [-0.05, 0) is 23.9 Å². The molecule has 0 bridgehead atoms. The molecule has 0 saturated heterocycles. The van der Waals surface area contributed by atoms with Crippen LogP contribution < -0.4 is 16.6 Å². The van der Waals surface area contributed by atoms with Crippen molar-refractivity contribution in [1.82, 2.24) is 5.32 Å². The van der Waals surface area contributed by atoms with E-state index in [-0.39, 0.29) is 41.0 Å². The van der Waals surface area contributed by atoms with Crippen molar-refractivity contribution in [3.8, 4) is 0 Å². The van der Waals surface area contributed by atoms with Gasteiger partial charge in [0.1, 0.15) is 5.69 Å². The number of nitro groups is 1. The number of benzene rings is 1. The first-order valence-electron chi connectivity index (χ1n) is 5.48. The van der Waals surface area contributed by atoms with Crippen LogP contribution >= 0.6 is 11.8 Å². The molecule has 1 rings (SSSR count). The Bertz CT molecular complexity index is 539. The summed E-state index contributed by atoms with van der Waals surface area (Å²) in [7, 11) is 0. The molecule has 0 heterocycles. The largest absolute Gasteiger partial charge is 0.441 e. The standard InChI is InChI=1S/C10H11F3N4O3S/c11-10(12,13)21-4-3-15-9(18)6-1-2-8(17(19)20)7(5-6)16-14/h1-2,5,16H,3-4,14H2,(H,15,18). The lowest BCUT2D eigenvalue weighted by molar-refractivity contribution is -0.384. The zero-order valence-corrected chi connectivity index (χ0v) is 11.3. The molecule has 7 nitrogen and oxygen atoms in total. The molecule has 4 N–H and O–H groups in total. The molecular weight excluding hydrogens is 313 g/mol. The van der Waals surface area contributed by atoms with E-state index < -0.39 is 16.3 Å². The third-order valence-corrected chi connectivity index (χ3v) is 3.00. The van der Waals surface area contributed by atoms with E-state index in [9.17, 15) is 28.1 Å². The second kappa shape index (κ2) is 7.13. The summed E-state index contributed by atoms with van der Waals surface area (Å²) >= 11 is -0.252. The van der Waals surface area contributed by atoms with Gasteiger partial charge in [-0.3, -0.25) is 20.8 Å². The number of nitrogens with zero attached hydrogens (tertiary/aromatic N) is 1. The first kappa shape index (κ1) is 17.0. The molecule has 0 atom stereocenters. The zero-order valence-electron chi connectivity index (χ0n) is 10.4. The molecule has 0 aliphatic carbocycles. The summed E-state index contributed by atoms with van der Waals surface area (Å²) in [5, 5.41) is 12.9. The lowest BCUT2D eigenvalue weighted by Gasteiger charge is -2.08. The highest BCUT2D eigenvalue weighted by molar-refractivity contribution is 8.00. The summed E-state index contributed by atoms with van der Waals surface area (Å²) in [6, 6.07) is 3.41. The second-order valence-electron chi connectivity index (χ2n) is 3.68. The molecule has 0 unspecified atom stereocenters. The number of nitrogens with one attached hydrogen (secondary N) is 2. The van der Waals surface area contributed by atoms with Gasteiger partial charge in [-0.2, -0.15) is 13.2 Å². The number of nitrogens with two attached hydrogens (primary N) is 1. The molecule has 21 heavy (non-hydrogen) atoms. The van der Waals surface area contributed by atoms with Crippen molar-refractivity contribution in [3.05, 3.63) is 33.9 Å². The van der Waals surface area contributed by atoms with E-state index in [1.54, 1.807) is 0 Å². The number of amides is 1. The van der Waals surface area contributed by atoms with Crippen LogP contribution in [0.4, 0.5) is 24.5 Å². The van der Waals surface area contributed by atoms with Crippen LogP contribution in [0.15, 0.2) is 18.2 Å². The Kier molecular flexibility index (Phi) is 5.79. The molecule has 0 radical (unpaired) electrons. The minimum Gasteiger partial charge on any atom is -0.351 e. The van der Waals surface area contributed by atoms with Gasteiger partial charge >= 0.3 is 5.51 Å². The third-order valence-electron chi connectivity index (χ3n) is 2.26. The average molecular weight is 324 g/mol. The fraction of sp³-hybridized carbons (Fsp3) is 0.300. The Balaban J connectivity index is 2.65. The Labute approximate surface area is 121 Å². The third kappa shape index (κ3) is 5.47. The number of nitro benzene ring substituents is 1. The van der Waals surface area contributed by atoms with E-state index in [1.807, 2.05) is 0 Å². The molecule has 116 valence electrons. The maximum Gasteiger partial charge on any atom is 0.441 e. The molecule has 0 spiro atoms. The molecule has 11 heteroatoms. The zero-order chi connectivity index (χ0) is 16.0. The maximum absolute atomic E-state index is 11.9. The monoisotopic (exact) mass is 324 g/mol. The highest BCUT2D eigenvalue weighted by atomic mass is 32.2. The molecule has 1 amide bonds. The van der Waals surface area contributed by atoms with Crippen LogP contribution in [0.1, 0.15) is 10.4 Å². The normalized spacial score (nSPS) is 11.0. The minimum absolute atomic E-state index is 0.0468. The van der Waals surface area contributed by atoms with Crippen molar-refractivity contribution >= 4 is 29.0 Å². The highest BCUT2D eigenvalue weighted by Crippen LogP contribution is 2.29. The summed E-state index contributed by atoms with van der Waals surface area (Å²) in [4.78, 5) is 21.7. The van der Waals surface area contributed by atoms with E-state index in [4.69, 9.17) is 5.84 Å². The number of rotatable bonds is 6. The summed E-state index contributed by atoms with van der Waals surface area (Å²) < 4.78 is 35.7. The van der Waals surface area contributed by atoms with Crippen molar-refractivity contribution in [2.75, 3.05) is 17.7 Å². The van der Waals surface area contributed by atoms with Crippen LogP contribution in [0.5, 0.6) is 0 Å². The van der Waals surface area contributed by atoms with Crippen LogP contribution in [0.3, 0.4) is 0 Å². The average Bonchev–Trinajstić information content (AvgIpc) is 2.41. The van der Waals surface area contributed by atoms with Gasteiger partial charge < -0.3 is 10.7 Å². The van der Waals surface area contributed by atoms with Crippen LogP contribution in [0.25, 0.3) is 0 Å². The van der Waals surface area contributed by atoms with Gasteiger partial charge in [0.25, 0.3) is 11.6 Å². The van der Waals surface area contributed by atoms with E-state index in [2.05, 4.69) is 10.7 Å². The first-order valence-corrected chi connectivity index (χ1v) is 6.47. The lowest BCUT2D eigenvalue weighted by Crippen LogP contribution is -2.26. The van der Waals surface area contributed by atoms with Gasteiger partial charge in [0.2, 0.25) is 0 Å². The molecule has 0 fully saturated rings. The number of halogens is 3. The number of hydrogen-bond donors (Lipinski definition) is 3. The molecule has 0 aromatic heterocycles. The van der Waals surface area contributed by atoms with E-state index in [1.165, 1.54) is 6.07 Å². The molecule has 0 aliphatic rings. The number of hydrazine groups is 1. The topological polar surface area (TPSA) is 110 Å². The molecule has 0 aliphatic heterocycles. The molecular formula is C10H11F3N4O3S. The van der Waals surface area contributed by atoms with Crippen LogP contribution in [0, 0.1) is 10.1 Å². The molecule has 1 aromatic carbocycles. The number of anilines is 1. The number of nitrogen functional groups attached to an aromatic ring is 1. The predicted octanol–water partition coefficient (Wildman–Crippen LogP) is 1.86. The summed E-state index contributed by atoms with van der Waals surface area (Å²) in [6.45, 7) is -0.189. The lowest BCUT2D eigenvalue weighted by atomic mass is 10.1. The maximum atomic E-state index is 11.9. The van der Waals surface area contributed by atoms with Gasteiger partial charge in [0.15, 0.2) is 0 Å². The van der Waals surface area contributed by atoms with E-state index in [0.29, 0.717) is 0 Å². The smallest absolute Gasteiger partial charge is 0.351 e. The molecule has 0 saturated carbocycles. The van der Waals surface area contributed by atoms with Gasteiger partial charge in [0, 0.05) is 23.9 Å². The highest BCUT2D eigenvalue weighted by Gasteiger charge is 2.27. The number of carbonyl (C=O) groups excluding carboxylic acids is 1. The molecule has 1 aromatic rings. The van der Waals surface area contributed by atoms with Crippen molar-refractivity contribution in [3.63, 3.8) is 0 Å². The quantitative estimate of drug-likeness (QED) is 0.319. The van der Waals surface area contributed by atoms with Crippen molar-refractivity contribution in [2.24, 2.45) is 5.84 Å². The van der Waals surface area contributed by atoms with Crippen molar-refractivity contribution in [1.29, 1.82) is 0 Å². The van der Waals surface area contributed by atoms with Gasteiger partial charge in [-0.25, -0.2) is 0 Å². The van der Waals surface area contributed by atoms with E-state index >= 15 is 0 Å². The van der Waals surface area contributed by atoms with Crippen LogP contribution in [-0.4, -0.2) is 28.6 Å². The second-order valence-corrected chi connectivity index (χ2v) is 4.84. The van der Waals surface area contributed by atoms with Crippen molar-refractivity contribution in [2.45, 2.75) is 5.51 Å². The number of thioether (sulfide) groups is 1. The summed E-state index contributed by atoms with van der Waals surface area (Å²) in [5.74, 6) is 4.13. The van der Waals surface area contributed by atoms with Gasteiger partial charge in [-0.1, -0.05) is 0 Å². The number of carbonyl (C=O) groups is 1. The van der Waals surface area contributed by atoms with E-state index in [0.717, 1.165) is 12.1 Å². The Morgan fingerprint density at radius 2 is 2.10 bits per heavy atom. The fourth-order valence-corrected chi connectivity index (χ4v) is 1.82. The van der Waals surface area contributed by atoms with Gasteiger partial charge in [0.05, 0.1) is 4.92 Å². The number of hydrogen-bond acceptors (Lipinski definition) is 6. The van der Waals surface area contributed by atoms with Crippen LogP contribution in [-0.2, 0) is 0 Å². The summed E-state index contributed by atoms with van der Waals surface area (Å²) in [6.07, 6.45) is 0. The Morgan fingerprint density at radius 1 is 1.43 bits per heavy atom. The summed E-state index contributed by atoms with van der Waals surface area (Å²) in [5.41, 5.74) is -2.61. The van der Waals surface area contributed by atoms with Gasteiger partial charge in [-0.15, -0.1) is 0 Å². The van der Waals surface area contributed by atoms with Crippen molar-refractivity contribution < 1.29 is 22.9 Å². The SMILES string of the molecule is NNc1cc(C(=O)NCCSC(F)(F)F)ccc1[N+](=O)[O-].